The molecule has 4 aromatic rings. The maximum Gasteiger partial charge on any atom is 0.233 e. The van der Waals surface area contributed by atoms with Gasteiger partial charge in [0.05, 0.1) is 18.1 Å². The van der Waals surface area contributed by atoms with Gasteiger partial charge in [-0.25, -0.2) is 9.97 Å². The Morgan fingerprint density at radius 2 is 2.13 bits per heavy atom. The summed E-state index contributed by atoms with van der Waals surface area (Å²) in [6.07, 6.45) is 9.19. The van der Waals surface area contributed by atoms with E-state index in [0.717, 1.165) is 59.2 Å². The van der Waals surface area contributed by atoms with Crippen molar-refractivity contribution < 1.29 is 4.74 Å². The fourth-order valence-electron chi connectivity index (χ4n) is 3.85. The molecule has 0 saturated carbocycles. The second kappa shape index (κ2) is 7.93. The van der Waals surface area contributed by atoms with Crippen molar-refractivity contribution in [2.24, 2.45) is 0 Å². The maximum absolute atomic E-state index is 9.40. The zero-order chi connectivity index (χ0) is 20.3. The molecule has 0 aliphatic carbocycles. The van der Waals surface area contributed by atoms with Crippen LogP contribution in [-0.2, 0) is 0 Å². The summed E-state index contributed by atoms with van der Waals surface area (Å²) in [6.45, 7) is 1.86. The zero-order valence-electron chi connectivity index (χ0n) is 16.3. The zero-order valence-corrected chi connectivity index (χ0v) is 16.3. The Bertz CT molecular complexity index is 1240. The van der Waals surface area contributed by atoms with Crippen LogP contribution in [0.3, 0.4) is 0 Å². The van der Waals surface area contributed by atoms with E-state index in [-0.39, 0.29) is 6.10 Å². The molecule has 4 heterocycles. The summed E-state index contributed by atoms with van der Waals surface area (Å²) >= 11 is 0. The van der Waals surface area contributed by atoms with Crippen LogP contribution in [0.1, 0.15) is 18.5 Å². The van der Waals surface area contributed by atoms with Crippen molar-refractivity contribution in [3.63, 3.8) is 0 Å². The summed E-state index contributed by atoms with van der Waals surface area (Å²) in [5.41, 5.74) is 4.81. The number of nitrogens with one attached hydrogen (secondary N) is 2. The van der Waals surface area contributed by atoms with Gasteiger partial charge >= 0.3 is 0 Å². The second-order valence-corrected chi connectivity index (χ2v) is 7.30. The SMILES string of the molecule is N#Cc1ncccc1-c1ccc2[nH]cc(-c3cncc(O[C@@H]4CCCNC4)n3)c2c1. The van der Waals surface area contributed by atoms with Crippen LogP contribution in [-0.4, -0.2) is 39.1 Å². The maximum atomic E-state index is 9.40. The lowest BCUT2D eigenvalue weighted by atomic mass is 10.0. The molecule has 0 unspecified atom stereocenters. The summed E-state index contributed by atoms with van der Waals surface area (Å²) in [6, 6.07) is 12.0. The molecule has 0 amide bonds. The molecule has 0 radical (unpaired) electrons. The first-order valence-corrected chi connectivity index (χ1v) is 9.98. The van der Waals surface area contributed by atoms with Gasteiger partial charge in [-0.2, -0.15) is 5.26 Å². The van der Waals surface area contributed by atoms with Crippen molar-refractivity contribution in [2.75, 3.05) is 13.1 Å². The Kier molecular flexibility index (Phi) is 4.83. The van der Waals surface area contributed by atoms with E-state index in [1.807, 2.05) is 30.5 Å². The number of nitrogens with zero attached hydrogens (tertiary/aromatic N) is 4. The molecular formula is C23H20N6O. The number of hydrogen-bond acceptors (Lipinski definition) is 6. The number of aromatic nitrogens is 4. The largest absolute Gasteiger partial charge is 0.472 e. The summed E-state index contributed by atoms with van der Waals surface area (Å²) in [4.78, 5) is 16.5. The van der Waals surface area contributed by atoms with Gasteiger partial charge in [-0.05, 0) is 49.2 Å². The van der Waals surface area contributed by atoms with Crippen LogP contribution in [0.2, 0.25) is 0 Å². The van der Waals surface area contributed by atoms with Crippen molar-refractivity contribution in [2.45, 2.75) is 18.9 Å². The molecule has 2 N–H and O–H groups in total. The van der Waals surface area contributed by atoms with Crippen molar-refractivity contribution in [1.82, 2.24) is 25.3 Å². The van der Waals surface area contributed by atoms with Crippen LogP contribution < -0.4 is 10.1 Å². The standard InChI is InChI=1S/C23H20N6O/c24-10-21-17(4-2-8-27-21)15-5-6-20-18(9-15)19(12-28-20)22-13-26-14-23(29-22)30-16-3-1-7-25-11-16/h2,4-6,8-9,12-14,16,25,28H,1,3,7,11H2/t16-/m1/s1. The highest BCUT2D eigenvalue weighted by Crippen LogP contribution is 2.32. The van der Waals surface area contributed by atoms with E-state index in [1.54, 1.807) is 18.6 Å². The van der Waals surface area contributed by atoms with Crippen LogP contribution in [0.25, 0.3) is 33.3 Å². The lowest BCUT2D eigenvalue weighted by Crippen LogP contribution is -2.37. The summed E-state index contributed by atoms with van der Waals surface area (Å²) < 4.78 is 6.04. The predicted octanol–water partition coefficient (Wildman–Crippen LogP) is 3.69. The van der Waals surface area contributed by atoms with E-state index in [2.05, 4.69) is 32.4 Å². The number of H-pyrrole nitrogens is 1. The molecule has 7 heteroatoms. The number of piperidine rings is 1. The van der Waals surface area contributed by atoms with E-state index in [9.17, 15) is 5.26 Å². The molecule has 1 aliphatic heterocycles. The molecule has 0 spiro atoms. The van der Waals surface area contributed by atoms with Crippen LogP contribution in [0, 0.1) is 11.3 Å². The molecule has 0 bridgehead atoms. The van der Waals surface area contributed by atoms with Crippen LogP contribution >= 0.6 is 0 Å². The molecular weight excluding hydrogens is 376 g/mol. The third kappa shape index (κ3) is 3.49. The number of nitriles is 1. The van der Waals surface area contributed by atoms with Crippen LogP contribution in [0.15, 0.2) is 55.1 Å². The van der Waals surface area contributed by atoms with Gasteiger partial charge in [-0.3, -0.25) is 4.98 Å². The average molecular weight is 396 g/mol. The van der Waals surface area contributed by atoms with Crippen molar-refractivity contribution >= 4 is 10.9 Å². The van der Waals surface area contributed by atoms with Gasteiger partial charge in [0.2, 0.25) is 5.88 Å². The van der Waals surface area contributed by atoms with E-state index in [4.69, 9.17) is 9.72 Å². The molecule has 5 rings (SSSR count). The minimum atomic E-state index is 0.118. The van der Waals surface area contributed by atoms with E-state index in [0.29, 0.717) is 11.6 Å². The molecule has 1 fully saturated rings. The number of rotatable bonds is 4. The van der Waals surface area contributed by atoms with Gasteiger partial charge in [0.15, 0.2) is 0 Å². The number of fused-ring (bicyclic) bond motifs is 1. The first-order valence-electron chi connectivity index (χ1n) is 9.98. The van der Waals surface area contributed by atoms with Gasteiger partial charge in [0, 0.05) is 41.0 Å². The predicted molar refractivity (Wildman–Crippen MR) is 114 cm³/mol. The van der Waals surface area contributed by atoms with Crippen LogP contribution in [0.4, 0.5) is 0 Å². The van der Waals surface area contributed by atoms with E-state index < -0.39 is 0 Å². The number of benzene rings is 1. The third-order valence-electron chi connectivity index (χ3n) is 5.33. The highest BCUT2D eigenvalue weighted by molar-refractivity contribution is 5.97. The molecule has 7 nitrogen and oxygen atoms in total. The van der Waals surface area contributed by atoms with E-state index in [1.165, 1.54) is 0 Å². The minimum Gasteiger partial charge on any atom is -0.472 e. The second-order valence-electron chi connectivity index (χ2n) is 7.30. The Balaban J connectivity index is 1.52. The highest BCUT2D eigenvalue weighted by Gasteiger charge is 2.16. The number of ether oxygens (including phenoxy) is 1. The Hall–Kier alpha value is -3.76. The quantitative estimate of drug-likeness (QED) is 0.546. The molecule has 1 atom stereocenters. The lowest BCUT2D eigenvalue weighted by molar-refractivity contribution is 0.160. The fourth-order valence-corrected chi connectivity index (χ4v) is 3.85. The topological polar surface area (TPSA) is 99.5 Å². The number of aromatic amines is 1. The third-order valence-corrected chi connectivity index (χ3v) is 5.33. The Morgan fingerprint density at radius 3 is 3.00 bits per heavy atom. The molecule has 1 aromatic carbocycles. The van der Waals surface area contributed by atoms with Gasteiger partial charge in [-0.15, -0.1) is 0 Å². The summed E-state index contributed by atoms with van der Waals surface area (Å²) in [7, 11) is 0. The number of hydrogen-bond donors (Lipinski definition) is 2. The highest BCUT2D eigenvalue weighted by atomic mass is 16.5. The average Bonchev–Trinajstić information content (AvgIpc) is 3.23. The monoisotopic (exact) mass is 396 g/mol. The van der Waals surface area contributed by atoms with Crippen molar-refractivity contribution in [1.29, 1.82) is 5.26 Å². The molecule has 1 saturated heterocycles. The molecule has 30 heavy (non-hydrogen) atoms. The smallest absolute Gasteiger partial charge is 0.233 e. The van der Waals surface area contributed by atoms with Gasteiger partial charge in [-0.1, -0.05) is 6.07 Å². The first kappa shape index (κ1) is 18.3. The molecule has 148 valence electrons. The van der Waals surface area contributed by atoms with Gasteiger partial charge < -0.3 is 15.0 Å². The molecule has 1 aliphatic rings. The van der Waals surface area contributed by atoms with Crippen molar-refractivity contribution in [3.8, 4) is 34.3 Å². The first-order chi connectivity index (χ1) is 14.8. The normalized spacial score (nSPS) is 16.3. The Labute approximate surface area is 173 Å². The van der Waals surface area contributed by atoms with Crippen molar-refractivity contribution in [3.05, 3.63) is 60.8 Å². The van der Waals surface area contributed by atoms with Crippen LogP contribution in [0.5, 0.6) is 5.88 Å². The summed E-state index contributed by atoms with van der Waals surface area (Å²) in [5.74, 6) is 0.533. The molecule has 3 aromatic heterocycles. The fraction of sp³-hybridized carbons (Fsp3) is 0.217. The van der Waals surface area contributed by atoms with E-state index >= 15 is 0 Å². The summed E-state index contributed by atoms with van der Waals surface area (Å²) in [5, 5.41) is 13.7. The van der Waals surface area contributed by atoms with Gasteiger partial charge in [0.1, 0.15) is 17.9 Å². The number of pyridine rings is 1. The van der Waals surface area contributed by atoms with Gasteiger partial charge in [0.25, 0.3) is 0 Å². The lowest BCUT2D eigenvalue weighted by Gasteiger charge is -2.23. The Morgan fingerprint density at radius 1 is 1.17 bits per heavy atom. The minimum absolute atomic E-state index is 0.118.